The van der Waals surface area contributed by atoms with Crippen LogP contribution in [0.25, 0.3) is 0 Å². The van der Waals surface area contributed by atoms with Gasteiger partial charge in [-0.05, 0) is 24.8 Å². The highest BCUT2D eigenvalue weighted by atomic mass is 16.5. The minimum Gasteiger partial charge on any atom is -0.487 e. The van der Waals surface area contributed by atoms with Crippen molar-refractivity contribution in [1.29, 1.82) is 0 Å². The van der Waals surface area contributed by atoms with Crippen LogP contribution in [0.15, 0.2) is 11.2 Å². The molecule has 0 amide bonds. The monoisotopic (exact) mass is 193 g/mol. The summed E-state index contributed by atoms with van der Waals surface area (Å²) in [6.07, 6.45) is 6.71. The van der Waals surface area contributed by atoms with Crippen molar-refractivity contribution in [3.63, 3.8) is 0 Å². The molecule has 0 bridgehead atoms. The fourth-order valence-electron chi connectivity index (χ4n) is 1.90. The summed E-state index contributed by atoms with van der Waals surface area (Å²) in [5.41, 5.74) is 2.56. The Labute approximate surface area is 83.6 Å². The first-order valence-corrected chi connectivity index (χ1v) is 4.85. The van der Waals surface area contributed by atoms with Gasteiger partial charge in [-0.15, -0.1) is 0 Å². The Hall–Kier alpha value is -1.32. The van der Waals surface area contributed by atoms with Crippen LogP contribution >= 0.6 is 0 Å². The highest BCUT2D eigenvalue weighted by molar-refractivity contribution is 5.46. The molecule has 14 heavy (non-hydrogen) atoms. The second-order valence-electron chi connectivity index (χ2n) is 3.66. The second-order valence-corrected chi connectivity index (χ2v) is 3.66. The summed E-state index contributed by atoms with van der Waals surface area (Å²) < 4.78 is 6.71. The van der Waals surface area contributed by atoms with Crippen LogP contribution in [-0.4, -0.2) is 29.3 Å². The van der Waals surface area contributed by atoms with Crippen molar-refractivity contribution in [1.82, 2.24) is 9.78 Å². The van der Waals surface area contributed by atoms with Gasteiger partial charge in [0.15, 0.2) is 6.40 Å². The van der Waals surface area contributed by atoms with Crippen molar-refractivity contribution in [2.45, 2.75) is 25.3 Å². The van der Waals surface area contributed by atoms with E-state index >= 15 is 0 Å². The Kier molecular flexibility index (Phi) is 2.52. The van der Waals surface area contributed by atoms with Gasteiger partial charge in [-0.3, -0.25) is 9.67 Å². The maximum absolute atomic E-state index is 4.83. The number of hydrogen-bond acceptors (Lipinski definition) is 3. The van der Waals surface area contributed by atoms with Crippen LogP contribution < -0.4 is 0 Å². The van der Waals surface area contributed by atoms with Crippen LogP contribution in [0.5, 0.6) is 0 Å². The van der Waals surface area contributed by atoms with Gasteiger partial charge in [-0.1, -0.05) is 0 Å². The molecule has 0 fully saturated rings. The molecule has 0 N–H and O–H groups in total. The number of nitrogens with zero attached hydrogens (tertiary/aromatic N) is 3. The summed E-state index contributed by atoms with van der Waals surface area (Å²) >= 11 is 0. The largest absolute Gasteiger partial charge is 0.487 e. The van der Waals surface area contributed by atoms with E-state index in [1.807, 2.05) is 11.7 Å². The normalized spacial score (nSPS) is 21.1. The van der Waals surface area contributed by atoms with E-state index in [0.717, 1.165) is 19.3 Å². The molecule has 1 atom stereocenters. The molecule has 0 radical (unpaired) electrons. The van der Waals surface area contributed by atoms with E-state index in [1.165, 1.54) is 17.7 Å². The Morgan fingerprint density at radius 3 is 3.36 bits per heavy atom. The van der Waals surface area contributed by atoms with E-state index in [-0.39, 0.29) is 0 Å². The van der Waals surface area contributed by atoms with Crippen LogP contribution in [-0.2, 0) is 24.6 Å². The van der Waals surface area contributed by atoms with Crippen LogP contribution in [0.2, 0.25) is 0 Å². The van der Waals surface area contributed by atoms with Gasteiger partial charge in [-0.2, -0.15) is 5.10 Å². The van der Waals surface area contributed by atoms with Crippen LogP contribution in [0.1, 0.15) is 17.7 Å². The maximum Gasteiger partial charge on any atom is 0.169 e. The first-order chi connectivity index (χ1) is 6.79. The lowest BCUT2D eigenvalue weighted by Crippen LogP contribution is -2.16. The predicted octanol–water partition coefficient (Wildman–Crippen LogP) is 0.952. The lowest BCUT2D eigenvalue weighted by molar-refractivity contribution is 0.414. The van der Waals surface area contributed by atoms with Gasteiger partial charge < -0.3 is 4.74 Å². The molecule has 1 aliphatic carbocycles. The number of aromatic nitrogens is 2. The molecule has 1 heterocycles. The fourth-order valence-corrected chi connectivity index (χ4v) is 1.90. The lowest BCUT2D eigenvalue weighted by atomic mass is 9.94. The minimum absolute atomic E-state index is 0.367. The molecule has 1 aliphatic rings. The Balaban J connectivity index is 2.09. The van der Waals surface area contributed by atoms with Gasteiger partial charge in [0.25, 0.3) is 0 Å². The molecule has 1 aromatic rings. The van der Waals surface area contributed by atoms with Gasteiger partial charge in [0.2, 0.25) is 0 Å². The third-order valence-electron chi connectivity index (χ3n) is 2.54. The van der Waals surface area contributed by atoms with E-state index in [4.69, 9.17) is 4.74 Å². The number of methoxy groups -OCH3 is 1. The summed E-state index contributed by atoms with van der Waals surface area (Å²) in [5.74, 6) is 0. The molecule has 0 aromatic carbocycles. The van der Waals surface area contributed by atoms with E-state index in [9.17, 15) is 0 Å². The average molecular weight is 193 g/mol. The Morgan fingerprint density at radius 1 is 1.71 bits per heavy atom. The first kappa shape index (κ1) is 9.24. The summed E-state index contributed by atoms with van der Waals surface area (Å²) in [5, 5.41) is 4.40. The lowest BCUT2D eigenvalue weighted by Gasteiger charge is -2.16. The van der Waals surface area contributed by atoms with Crippen molar-refractivity contribution >= 4 is 6.40 Å². The summed E-state index contributed by atoms with van der Waals surface area (Å²) in [4.78, 5) is 4.33. The summed E-state index contributed by atoms with van der Waals surface area (Å²) in [6.45, 7) is 0. The fraction of sp³-hybridized carbons (Fsp3) is 0.600. The molecule has 4 nitrogen and oxygen atoms in total. The minimum atomic E-state index is 0.367. The molecule has 4 heteroatoms. The number of aliphatic imine (C=N–C) groups is 1. The molecule has 0 spiro atoms. The molecule has 1 unspecified atom stereocenters. The average Bonchev–Trinajstić information content (AvgIpc) is 2.54. The number of hydrogen-bond donors (Lipinski definition) is 0. The predicted molar refractivity (Wildman–Crippen MR) is 54.5 cm³/mol. The zero-order chi connectivity index (χ0) is 9.97. The van der Waals surface area contributed by atoms with Crippen molar-refractivity contribution in [2.75, 3.05) is 7.11 Å². The molecule has 0 saturated heterocycles. The van der Waals surface area contributed by atoms with Crippen molar-refractivity contribution < 1.29 is 4.74 Å². The van der Waals surface area contributed by atoms with E-state index < -0.39 is 0 Å². The quantitative estimate of drug-likeness (QED) is 0.518. The summed E-state index contributed by atoms with van der Waals surface area (Å²) in [6, 6.07) is 0.367. The zero-order valence-electron chi connectivity index (χ0n) is 8.60. The molecule has 0 saturated carbocycles. The van der Waals surface area contributed by atoms with Gasteiger partial charge in [-0.25, -0.2) is 0 Å². The third kappa shape index (κ3) is 1.78. The molecule has 0 aliphatic heterocycles. The summed E-state index contributed by atoms with van der Waals surface area (Å²) in [7, 11) is 3.59. The molecule has 1 aromatic heterocycles. The number of ether oxygens (including phenoxy) is 1. The maximum atomic E-state index is 4.83. The zero-order valence-corrected chi connectivity index (χ0v) is 8.60. The highest BCUT2D eigenvalue weighted by Gasteiger charge is 2.19. The van der Waals surface area contributed by atoms with E-state index in [2.05, 4.69) is 16.3 Å². The number of fused-ring (bicyclic) bond motifs is 1. The van der Waals surface area contributed by atoms with Gasteiger partial charge in [0.05, 0.1) is 18.8 Å². The van der Waals surface area contributed by atoms with Crippen molar-refractivity contribution in [3.8, 4) is 0 Å². The van der Waals surface area contributed by atoms with E-state index in [1.54, 1.807) is 7.11 Å². The number of aryl methyl sites for hydroxylation is 2. The smallest absolute Gasteiger partial charge is 0.169 e. The molecular formula is C10H15N3O. The van der Waals surface area contributed by atoms with Gasteiger partial charge in [0, 0.05) is 13.2 Å². The third-order valence-corrected chi connectivity index (χ3v) is 2.54. The van der Waals surface area contributed by atoms with E-state index in [0.29, 0.717) is 6.04 Å². The first-order valence-electron chi connectivity index (χ1n) is 4.85. The van der Waals surface area contributed by atoms with Crippen molar-refractivity contribution in [2.24, 2.45) is 12.0 Å². The Morgan fingerprint density at radius 2 is 2.57 bits per heavy atom. The number of rotatable bonds is 2. The molecule has 2 rings (SSSR count). The SMILES string of the molecule is CO/C=N\C1CCc2nn(C)cc2C1. The van der Waals surface area contributed by atoms with Gasteiger partial charge >= 0.3 is 0 Å². The van der Waals surface area contributed by atoms with Crippen LogP contribution in [0, 0.1) is 0 Å². The van der Waals surface area contributed by atoms with Crippen LogP contribution in [0.4, 0.5) is 0 Å². The van der Waals surface area contributed by atoms with Gasteiger partial charge in [0.1, 0.15) is 0 Å². The highest BCUT2D eigenvalue weighted by Crippen LogP contribution is 2.21. The molecule has 76 valence electrons. The standard InChI is InChI=1S/C10H15N3O/c1-13-6-8-5-9(11-7-14-2)3-4-10(8)12-13/h6-7,9H,3-5H2,1-2H3/b11-7-. The second kappa shape index (κ2) is 3.82. The van der Waals surface area contributed by atoms with Crippen molar-refractivity contribution in [3.05, 3.63) is 17.5 Å². The molecular weight excluding hydrogens is 178 g/mol. The Bertz CT molecular complexity index is 343. The van der Waals surface area contributed by atoms with Crippen LogP contribution in [0.3, 0.4) is 0 Å². The topological polar surface area (TPSA) is 39.4 Å².